The monoisotopic (exact) mass is 1220 g/mol. The maximum atomic E-state index is 13.0. The van der Waals surface area contributed by atoms with Gasteiger partial charge in [0.05, 0.1) is 40.3 Å². The molecule has 9 nitrogen and oxygen atoms in total. The lowest BCUT2D eigenvalue weighted by molar-refractivity contribution is -0.870. The Kier molecular flexibility index (Phi) is 67.4. The van der Waals surface area contributed by atoms with E-state index in [2.05, 4.69) is 26.0 Å². The third kappa shape index (κ3) is 69.5. The number of quaternary nitrogens is 1. The first-order valence-corrected chi connectivity index (χ1v) is 38.3. The molecule has 0 aliphatic heterocycles. The number of likely N-dealkylation sites (N-methyl/N-ethyl adjacent to an activating group) is 1. The van der Waals surface area contributed by atoms with Crippen molar-refractivity contribution in [3.63, 3.8) is 0 Å². The number of carboxylic acid groups (broad SMARTS) is 1. The molecule has 0 radical (unpaired) electrons. The second kappa shape index (κ2) is 68.9. The molecule has 2 unspecified atom stereocenters. The first-order valence-electron chi connectivity index (χ1n) is 38.3. The number of esters is 2. The zero-order valence-electron chi connectivity index (χ0n) is 58.5. The summed E-state index contributed by atoms with van der Waals surface area (Å²) in [6.07, 6.45) is 81.9. The Balaban J connectivity index is 3.96. The highest BCUT2D eigenvalue weighted by molar-refractivity contribution is 5.70. The third-order valence-corrected chi connectivity index (χ3v) is 17.8. The largest absolute Gasteiger partial charge is 0.545 e. The van der Waals surface area contributed by atoms with Gasteiger partial charge in [-0.1, -0.05) is 366 Å². The van der Waals surface area contributed by atoms with E-state index in [0.29, 0.717) is 17.4 Å². The van der Waals surface area contributed by atoms with Crippen molar-refractivity contribution in [2.75, 3.05) is 47.5 Å². The number of ether oxygens (including phenoxy) is 4. The lowest BCUT2D eigenvalue weighted by Crippen LogP contribution is -2.44. The fourth-order valence-electron chi connectivity index (χ4n) is 11.9. The molecule has 2 atom stereocenters. The Hall–Kier alpha value is -1.97. The van der Waals surface area contributed by atoms with Gasteiger partial charge in [-0.05, 0) is 38.5 Å². The minimum Gasteiger partial charge on any atom is -0.545 e. The van der Waals surface area contributed by atoms with Crippen molar-refractivity contribution in [3.8, 4) is 0 Å². The SMILES string of the molecule is CCCCCCCCCC/C=C\CCCCCCCCCCCCCCCCCCCCCCCCCCCC(=O)OC(COC(=O)CCCCCCCCCCCCCCCCCCCCCCCCCC)COC(OCC[N+](C)(C)C)C(=O)[O-]. The fraction of sp³-hybridized carbons (Fsp3) is 0.935. The molecule has 0 N–H and O–H groups in total. The van der Waals surface area contributed by atoms with E-state index < -0.39 is 24.3 Å². The zero-order valence-corrected chi connectivity index (χ0v) is 58.5. The van der Waals surface area contributed by atoms with Crippen LogP contribution in [0.1, 0.15) is 406 Å². The van der Waals surface area contributed by atoms with Crippen molar-refractivity contribution in [1.82, 2.24) is 0 Å². The molecule has 0 heterocycles. The zero-order chi connectivity index (χ0) is 62.6. The second-order valence-electron chi connectivity index (χ2n) is 27.7. The van der Waals surface area contributed by atoms with E-state index in [4.69, 9.17) is 18.9 Å². The number of carbonyl (C=O) groups is 3. The van der Waals surface area contributed by atoms with E-state index in [1.54, 1.807) is 0 Å². The van der Waals surface area contributed by atoms with Crippen LogP contribution in [0.4, 0.5) is 0 Å². The summed E-state index contributed by atoms with van der Waals surface area (Å²) in [4.78, 5) is 37.5. The molecule has 0 saturated carbocycles. The van der Waals surface area contributed by atoms with E-state index in [1.807, 2.05) is 21.1 Å². The lowest BCUT2D eigenvalue weighted by Gasteiger charge is -2.26. The van der Waals surface area contributed by atoms with Crippen molar-refractivity contribution in [3.05, 3.63) is 12.2 Å². The standard InChI is InChI=1S/C77H149NO8/c1-6-8-10-12-14-16-18-20-22-24-26-28-30-32-33-34-35-36-37-38-39-40-41-42-43-44-46-48-50-52-54-56-58-60-62-64-66-68-75(80)86-73(72-85-77(76(81)82)83-70-69-78(3,4)5)71-84-74(79)67-65-63-61-59-57-55-53-51-49-47-45-31-29-27-25-23-21-19-17-15-13-11-9-7-2/h24,26,73,77H,6-23,25,27-72H2,1-5H3/b26-24-. The molecule has 510 valence electrons. The minimum absolute atomic E-state index is 0.153. The Bertz CT molecular complexity index is 1410. The van der Waals surface area contributed by atoms with Gasteiger partial charge in [-0.3, -0.25) is 9.59 Å². The summed E-state index contributed by atoms with van der Waals surface area (Å²) in [5, 5.41) is 11.8. The van der Waals surface area contributed by atoms with Gasteiger partial charge in [0.2, 0.25) is 0 Å². The number of unbranched alkanes of at least 4 members (excludes halogenated alkanes) is 56. The minimum atomic E-state index is -1.62. The highest BCUT2D eigenvalue weighted by Crippen LogP contribution is 2.20. The van der Waals surface area contributed by atoms with Crippen LogP contribution in [0.2, 0.25) is 0 Å². The smallest absolute Gasteiger partial charge is 0.306 e. The van der Waals surface area contributed by atoms with Gasteiger partial charge in [0, 0.05) is 12.8 Å². The van der Waals surface area contributed by atoms with Crippen LogP contribution in [0.25, 0.3) is 0 Å². The van der Waals surface area contributed by atoms with Crippen LogP contribution in [0, 0.1) is 0 Å². The van der Waals surface area contributed by atoms with Gasteiger partial charge in [-0.15, -0.1) is 0 Å². The maximum Gasteiger partial charge on any atom is 0.306 e. The molecule has 0 aromatic heterocycles. The number of carbonyl (C=O) groups excluding carboxylic acids is 3. The normalized spacial score (nSPS) is 12.6. The summed E-state index contributed by atoms with van der Waals surface area (Å²) in [5.41, 5.74) is 0. The van der Waals surface area contributed by atoms with Gasteiger partial charge in [-0.25, -0.2) is 0 Å². The van der Waals surface area contributed by atoms with Crippen molar-refractivity contribution in [1.29, 1.82) is 0 Å². The highest BCUT2D eigenvalue weighted by atomic mass is 16.7. The molecule has 0 aliphatic rings. The first kappa shape index (κ1) is 84.0. The van der Waals surface area contributed by atoms with Crippen molar-refractivity contribution in [2.45, 2.75) is 418 Å². The van der Waals surface area contributed by atoms with Crippen LogP contribution >= 0.6 is 0 Å². The molecule has 0 fully saturated rings. The van der Waals surface area contributed by atoms with Crippen LogP contribution in [-0.4, -0.2) is 82.3 Å². The lowest BCUT2D eigenvalue weighted by atomic mass is 10.0. The van der Waals surface area contributed by atoms with Crippen LogP contribution in [0.3, 0.4) is 0 Å². The summed E-state index contributed by atoms with van der Waals surface area (Å²) >= 11 is 0. The summed E-state index contributed by atoms with van der Waals surface area (Å²) in [6.45, 7) is 4.84. The summed E-state index contributed by atoms with van der Waals surface area (Å²) < 4.78 is 22.9. The molecule has 0 aromatic rings. The summed E-state index contributed by atoms with van der Waals surface area (Å²) in [6, 6.07) is 0. The summed E-state index contributed by atoms with van der Waals surface area (Å²) in [5.74, 6) is -2.24. The van der Waals surface area contributed by atoms with E-state index in [9.17, 15) is 19.5 Å². The molecule has 0 amide bonds. The van der Waals surface area contributed by atoms with E-state index in [-0.39, 0.29) is 32.2 Å². The van der Waals surface area contributed by atoms with E-state index in [1.165, 1.54) is 340 Å². The number of aliphatic carboxylic acids is 1. The molecule has 0 aromatic carbocycles. The Morgan fingerprint density at radius 3 is 0.860 bits per heavy atom. The van der Waals surface area contributed by atoms with Gasteiger partial charge in [0.1, 0.15) is 13.2 Å². The molecular formula is C77H149NO8. The van der Waals surface area contributed by atoms with E-state index in [0.717, 1.165) is 38.5 Å². The Labute approximate surface area is 535 Å². The number of nitrogens with zero attached hydrogens (tertiary/aromatic N) is 1. The van der Waals surface area contributed by atoms with Crippen molar-refractivity contribution >= 4 is 17.9 Å². The topological polar surface area (TPSA) is 111 Å². The second-order valence-corrected chi connectivity index (χ2v) is 27.7. The van der Waals surface area contributed by atoms with Crippen molar-refractivity contribution in [2.24, 2.45) is 0 Å². The Morgan fingerprint density at radius 2 is 0.593 bits per heavy atom. The van der Waals surface area contributed by atoms with Gasteiger partial charge in [0.25, 0.3) is 0 Å². The average Bonchev–Trinajstić information content (AvgIpc) is 3.64. The summed E-state index contributed by atoms with van der Waals surface area (Å²) in [7, 11) is 5.95. The van der Waals surface area contributed by atoms with Crippen LogP contribution in [0.15, 0.2) is 12.2 Å². The quantitative estimate of drug-likeness (QED) is 0.0195. The first-order chi connectivity index (χ1) is 42.1. The van der Waals surface area contributed by atoms with Crippen LogP contribution < -0.4 is 5.11 Å². The number of carboxylic acids is 1. The van der Waals surface area contributed by atoms with E-state index >= 15 is 0 Å². The number of hydrogen-bond donors (Lipinski definition) is 0. The molecule has 0 rings (SSSR count). The number of hydrogen-bond acceptors (Lipinski definition) is 8. The van der Waals surface area contributed by atoms with Crippen molar-refractivity contribution < 1.29 is 42.9 Å². The van der Waals surface area contributed by atoms with Gasteiger partial charge >= 0.3 is 11.9 Å². The van der Waals surface area contributed by atoms with Crippen LogP contribution in [0.5, 0.6) is 0 Å². The predicted molar refractivity (Wildman–Crippen MR) is 367 cm³/mol. The van der Waals surface area contributed by atoms with Gasteiger partial charge < -0.3 is 33.3 Å². The maximum absolute atomic E-state index is 13.0. The fourth-order valence-corrected chi connectivity index (χ4v) is 11.9. The molecule has 86 heavy (non-hydrogen) atoms. The predicted octanol–water partition coefficient (Wildman–Crippen LogP) is 22.6. The molecule has 0 spiro atoms. The van der Waals surface area contributed by atoms with Crippen LogP contribution in [-0.2, 0) is 33.3 Å². The molecule has 0 saturated heterocycles. The average molecular weight is 1220 g/mol. The molecule has 0 aliphatic carbocycles. The molecule has 0 bridgehead atoms. The third-order valence-electron chi connectivity index (χ3n) is 17.8. The molecular weight excluding hydrogens is 1070 g/mol. The van der Waals surface area contributed by atoms with Gasteiger partial charge in [-0.2, -0.15) is 0 Å². The highest BCUT2D eigenvalue weighted by Gasteiger charge is 2.22. The number of allylic oxidation sites excluding steroid dienone is 2. The van der Waals surface area contributed by atoms with Gasteiger partial charge in [0.15, 0.2) is 12.4 Å². The molecule has 9 heteroatoms. The number of rotatable bonds is 73. The Morgan fingerprint density at radius 1 is 0.337 bits per heavy atom.